The largest absolute Gasteiger partial charge is 0.493 e. The van der Waals surface area contributed by atoms with Crippen molar-refractivity contribution in [3.05, 3.63) is 59.3 Å². The van der Waals surface area contributed by atoms with Gasteiger partial charge in [0.25, 0.3) is 5.91 Å². The standard InChI is InChI=1S/C29H35N3O4/c1-7-18(4)31-16-25(33)32-15-21(19-12-13-23(36-17(2)3)24(14-19)35-6)26-20-10-8-9-11-22(20)30-27(26)29(32,5)28(31)34/h8-14,17-18,21,30H,7,15-16H2,1-6H3/t18-,21-,29-/m0/s1. The van der Waals surface area contributed by atoms with Crippen LogP contribution in [0.15, 0.2) is 42.5 Å². The van der Waals surface area contributed by atoms with Crippen molar-refractivity contribution in [2.45, 2.75) is 64.6 Å². The number of ether oxygens (including phenoxy) is 2. The van der Waals surface area contributed by atoms with Crippen molar-refractivity contribution >= 4 is 22.7 Å². The van der Waals surface area contributed by atoms with E-state index in [1.807, 2.05) is 71.0 Å². The lowest BCUT2D eigenvalue weighted by atomic mass is 9.76. The van der Waals surface area contributed by atoms with Crippen molar-refractivity contribution in [3.63, 3.8) is 0 Å². The van der Waals surface area contributed by atoms with Gasteiger partial charge in [-0.05, 0) is 63.4 Å². The number of amides is 2. The van der Waals surface area contributed by atoms with Crippen LogP contribution in [0.5, 0.6) is 11.5 Å². The molecule has 0 aliphatic carbocycles. The molecule has 0 bridgehead atoms. The van der Waals surface area contributed by atoms with E-state index >= 15 is 0 Å². The normalized spacial score (nSPS) is 22.6. The van der Waals surface area contributed by atoms with E-state index in [4.69, 9.17) is 9.47 Å². The Morgan fingerprint density at radius 3 is 2.56 bits per heavy atom. The van der Waals surface area contributed by atoms with E-state index in [2.05, 4.69) is 11.1 Å². The van der Waals surface area contributed by atoms with E-state index < -0.39 is 5.54 Å². The topological polar surface area (TPSA) is 74.9 Å². The van der Waals surface area contributed by atoms with Crippen molar-refractivity contribution < 1.29 is 19.1 Å². The Morgan fingerprint density at radius 1 is 1.11 bits per heavy atom. The highest BCUT2D eigenvalue weighted by Gasteiger charge is 2.56. The van der Waals surface area contributed by atoms with Crippen LogP contribution >= 0.6 is 0 Å². The zero-order valence-electron chi connectivity index (χ0n) is 21.9. The number of carbonyl (C=O) groups is 2. The van der Waals surface area contributed by atoms with Gasteiger partial charge in [-0.2, -0.15) is 0 Å². The first-order valence-corrected chi connectivity index (χ1v) is 12.8. The van der Waals surface area contributed by atoms with Crippen molar-refractivity contribution in [1.29, 1.82) is 0 Å². The van der Waals surface area contributed by atoms with Gasteiger partial charge in [0, 0.05) is 29.4 Å². The third-order valence-corrected chi connectivity index (χ3v) is 7.85. The molecule has 7 heteroatoms. The molecule has 1 saturated heterocycles. The van der Waals surface area contributed by atoms with E-state index in [-0.39, 0.29) is 36.4 Å². The number of rotatable bonds is 6. The molecule has 2 aliphatic heterocycles. The second-order valence-corrected chi connectivity index (χ2v) is 10.4. The van der Waals surface area contributed by atoms with Crippen LogP contribution in [0.25, 0.3) is 10.9 Å². The Balaban J connectivity index is 1.70. The lowest BCUT2D eigenvalue weighted by Crippen LogP contribution is -2.68. The van der Waals surface area contributed by atoms with Crippen LogP contribution in [0.3, 0.4) is 0 Å². The van der Waals surface area contributed by atoms with Gasteiger partial charge in [0.1, 0.15) is 6.54 Å². The summed E-state index contributed by atoms with van der Waals surface area (Å²) in [6.45, 7) is 10.4. The highest BCUT2D eigenvalue weighted by atomic mass is 16.5. The number of aromatic amines is 1. The fourth-order valence-corrected chi connectivity index (χ4v) is 5.76. The first kappa shape index (κ1) is 24.2. The van der Waals surface area contributed by atoms with Crippen molar-refractivity contribution in [3.8, 4) is 11.5 Å². The molecule has 2 aliphatic rings. The summed E-state index contributed by atoms with van der Waals surface area (Å²) in [5.74, 6) is 1.15. The van der Waals surface area contributed by atoms with Gasteiger partial charge in [-0.1, -0.05) is 31.2 Å². The fraction of sp³-hybridized carbons (Fsp3) is 0.448. The molecular weight excluding hydrogens is 454 g/mol. The molecular formula is C29H35N3O4. The number of H-pyrrole nitrogens is 1. The minimum atomic E-state index is -1.09. The Kier molecular flexibility index (Phi) is 5.97. The first-order valence-electron chi connectivity index (χ1n) is 12.8. The molecule has 0 spiro atoms. The number of fused-ring (bicyclic) bond motifs is 5. The van der Waals surface area contributed by atoms with Gasteiger partial charge in [-0.3, -0.25) is 9.59 Å². The SMILES string of the molecule is CC[C@H](C)N1CC(=O)N2C[C@@H](c3ccc(OC(C)C)c(OC)c3)c3c([nH]c4ccccc34)[C@@]2(C)C1=O. The second-order valence-electron chi connectivity index (χ2n) is 10.4. The van der Waals surface area contributed by atoms with Crippen LogP contribution in [-0.4, -0.2) is 58.9 Å². The zero-order chi connectivity index (χ0) is 25.8. The molecule has 0 unspecified atom stereocenters. The molecule has 36 heavy (non-hydrogen) atoms. The molecule has 1 fully saturated rings. The molecule has 1 aromatic heterocycles. The highest BCUT2D eigenvalue weighted by Crippen LogP contribution is 2.49. The van der Waals surface area contributed by atoms with Crippen LogP contribution in [0.1, 0.15) is 63.8 Å². The number of para-hydroxylation sites is 1. The lowest BCUT2D eigenvalue weighted by molar-refractivity contribution is -0.168. The second kappa shape index (κ2) is 8.87. The van der Waals surface area contributed by atoms with Gasteiger partial charge in [0.2, 0.25) is 5.91 Å². The third kappa shape index (κ3) is 3.55. The fourth-order valence-electron chi connectivity index (χ4n) is 5.76. The molecule has 3 aromatic rings. The number of aromatic nitrogens is 1. The van der Waals surface area contributed by atoms with Gasteiger partial charge in [0.15, 0.2) is 17.0 Å². The average molecular weight is 490 g/mol. The summed E-state index contributed by atoms with van der Waals surface area (Å²) < 4.78 is 11.6. The Labute approximate surface area is 212 Å². The van der Waals surface area contributed by atoms with E-state index in [0.717, 1.165) is 34.1 Å². The molecule has 190 valence electrons. The van der Waals surface area contributed by atoms with Gasteiger partial charge >= 0.3 is 0 Å². The molecule has 2 aromatic carbocycles. The minimum absolute atomic E-state index is 0.0104. The van der Waals surface area contributed by atoms with Gasteiger partial charge < -0.3 is 24.3 Å². The van der Waals surface area contributed by atoms with Crippen molar-refractivity contribution in [2.75, 3.05) is 20.2 Å². The number of piperazine rings is 1. The van der Waals surface area contributed by atoms with E-state index in [0.29, 0.717) is 18.0 Å². The molecule has 5 rings (SSSR count). The maximum Gasteiger partial charge on any atom is 0.255 e. The van der Waals surface area contributed by atoms with Crippen LogP contribution in [0.2, 0.25) is 0 Å². The molecule has 3 heterocycles. The van der Waals surface area contributed by atoms with E-state index in [1.54, 1.807) is 16.9 Å². The van der Waals surface area contributed by atoms with Crippen molar-refractivity contribution in [2.24, 2.45) is 0 Å². The van der Waals surface area contributed by atoms with Gasteiger partial charge in [0.05, 0.1) is 18.9 Å². The van der Waals surface area contributed by atoms with E-state index in [9.17, 15) is 9.59 Å². The molecule has 2 amide bonds. The Bertz CT molecular complexity index is 1330. The molecule has 0 radical (unpaired) electrons. The summed E-state index contributed by atoms with van der Waals surface area (Å²) in [5, 5.41) is 1.07. The predicted molar refractivity (Wildman–Crippen MR) is 139 cm³/mol. The molecule has 7 nitrogen and oxygen atoms in total. The molecule has 1 N–H and O–H groups in total. The maximum atomic E-state index is 14.0. The molecule has 0 saturated carbocycles. The number of methoxy groups -OCH3 is 1. The monoisotopic (exact) mass is 489 g/mol. The Hall–Kier alpha value is -3.48. The lowest BCUT2D eigenvalue weighted by Gasteiger charge is -2.52. The summed E-state index contributed by atoms with van der Waals surface area (Å²) in [5.41, 5.74) is 2.75. The van der Waals surface area contributed by atoms with Gasteiger partial charge in [-0.15, -0.1) is 0 Å². The summed E-state index contributed by atoms with van der Waals surface area (Å²) in [7, 11) is 1.64. The van der Waals surface area contributed by atoms with Crippen LogP contribution in [0, 0.1) is 0 Å². The summed E-state index contributed by atoms with van der Waals surface area (Å²) in [6.07, 6.45) is 0.813. The summed E-state index contributed by atoms with van der Waals surface area (Å²) >= 11 is 0. The molecule has 3 atom stereocenters. The minimum Gasteiger partial charge on any atom is -0.493 e. The summed E-state index contributed by atoms with van der Waals surface area (Å²) in [6, 6.07) is 14.1. The number of benzene rings is 2. The zero-order valence-corrected chi connectivity index (χ0v) is 21.9. The first-order chi connectivity index (χ1) is 17.2. The number of nitrogens with one attached hydrogen (secondary N) is 1. The average Bonchev–Trinajstić information content (AvgIpc) is 3.26. The third-order valence-electron chi connectivity index (χ3n) is 7.85. The van der Waals surface area contributed by atoms with Crippen LogP contribution < -0.4 is 9.47 Å². The number of carbonyl (C=O) groups excluding carboxylic acids is 2. The van der Waals surface area contributed by atoms with Crippen molar-refractivity contribution in [1.82, 2.24) is 14.8 Å². The smallest absolute Gasteiger partial charge is 0.255 e. The van der Waals surface area contributed by atoms with E-state index in [1.165, 1.54) is 0 Å². The number of hydrogen-bond acceptors (Lipinski definition) is 4. The summed E-state index contributed by atoms with van der Waals surface area (Å²) in [4.78, 5) is 34.7. The number of hydrogen-bond donors (Lipinski definition) is 1. The van der Waals surface area contributed by atoms with Gasteiger partial charge in [-0.25, -0.2) is 0 Å². The van der Waals surface area contributed by atoms with Crippen LogP contribution in [-0.2, 0) is 15.1 Å². The number of nitrogens with zero attached hydrogens (tertiary/aromatic N) is 2. The predicted octanol–water partition coefficient (Wildman–Crippen LogP) is 4.79. The Morgan fingerprint density at radius 2 is 1.86 bits per heavy atom. The van der Waals surface area contributed by atoms with Crippen LogP contribution in [0.4, 0.5) is 0 Å². The maximum absolute atomic E-state index is 14.0. The highest BCUT2D eigenvalue weighted by molar-refractivity contribution is 6.01. The quantitative estimate of drug-likeness (QED) is 0.540.